The molecule has 0 heteroatoms. The van der Waals surface area contributed by atoms with Gasteiger partial charge in [0, 0.05) is 0 Å². The topological polar surface area (TPSA) is 0 Å². The molecule has 0 saturated carbocycles. The maximum atomic E-state index is 3.37. The molecule has 14 heavy (non-hydrogen) atoms. The van der Waals surface area contributed by atoms with Gasteiger partial charge in [-0.1, -0.05) is 36.3 Å². The summed E-state index contributed by atoms with van der Waals surface area (Å²) in [5.41, 5.74) is 5.41. The van der Waals surface area contributed by atoms with Crippen LogP contribution in [0.1, 0.15) is 40.5 Å². The monoisotopic (exact) mass is 187 g/mol. The average molecular weight is 187 g/mol. The molecule has 0 heterocycles. The van der Waals surface area contributed by atoms with Gasteiger partial charge in [0.05, 0.1) is 0 Å². The Morgan fingerprint density at radius 3 is 2.71 bits per heavy atom. The predicted octanol–water partition coefficient (Wildman–Crippen LogP) is 4.37. The Morgan fingerprint density at radius 2 is 2.14 bits per heavy atom. The molecule has 0 aromatic heterocycles. The Hall–Kier alpha value is -1.04. The molecule has 1 aliphatic rings. The van der Waals surface area contributed by atoms with Crippen molar-refractivity contribution in [2.24, 2.45) is 0 Å². The molecular weight excluding hydrogens is 168 g/mol. The van der Waals surface area contributed by atoms with E-state index in [1.807, 2.05) is 0 Å². The number of rotatable bonds is 3. The van der Waals surface area contributed by atoms with Crippen LogP contribution in [0, 0.1) is 6.08 Å². The normalized spacial score (nSPS) is 16.4. The van der Waals surface area contributed by atoms with Crippen LogP contribution in [0.4, 0.5) is 0 Å². The number of allylic oxidation sites excluding steroid dienone is 8. The Kier molecular flexibility index (Phi) is 3.94. The molecule has 1 radical (unpaired) electrons. The lowest BCUT2D eigenvalue weighted by atomic mass is 10.0. The van der Waals surface area contributed by atoms with Crippen molar-refractivity contribution in [3.05, 3.63) is 46.6 Å². The maximum Gasteiger partial charge on any atom is -0.00824 e. The van der Waals surface area contributed by atoms with Crippen LogP contribution in [-0.4, -0.2) is 0 Å². The van der Waals surface area contributed by atoms with Crippen LogP contribution in [0.3, 0.4) is 0 Å². The lowest BCUT2D eigenvalue weighted by Crippen LogP contribution is -1.82. The third kappa shape index (κ3) is 3.02. The van der Waals surface area contributed by atoms with Gasteiger partial charge in [0.15, 0.2) is 0 Å². The Morgan fingerprint density at radius 1 is 1.43 bits per heavy atom. The summed E-state index contributed by atoms with van der Waals surface area (Å²) in [6.45, 7) is 8.59. The molecule has 0 unspecified atom stereocenters. The summed E-state index contributed by atoms with van der Waals surface area (Å²) >= 11 is 0. The Bertz CT molecular complexity index is 318. The first-order valence-corrected chi connectivity index (χ1v) is 5.27. The molecule has 0 spiro atoms. The van der Waals surface area contributed by atoms with Crippen LogP contribution in [0.25, 0.3) is 0 Å². The lowest BCUT2D eigenvalue weighted by molar-refractivity contribution is 1.12. The van der Waals surface area contributed by atoms with Crippen molar-refractivity contribution in [3.8, 4) is 0 Å². The number of hydrogen-bond donors (Lipinski definition) is 0. The summed E-state index contributed by atoms with van der Waals surface area (Å²) in [5, 5.41) is 0. The molecule has 0 aromatic carbocycles. The van der Waals surface area contributed by atoms with E-state index < -0.39 is 0 Å². The van der Waals surface area contributed by atoms with Gasteiger partial charge in [-0.3, -0.25) is 0 Å². The van der Waals surface area contributed by atoms with Gasteiger partial charge < -0.3 is 0 Å². The predicted molar refractivity (Wildman–Crippen MR) is 62.9 cm³/mol. The van der Waals surface area contributed by atoms with E-state index in [0.29, 0.717) is 0 Å². The third-order valence-electron chi connectivity index (χ3n) is 2.24. The van der Waals surface area contributed by atoms with E-state index in [4.69, 9.17) is 0 Å². The average Bonchev–Trinajstić information content (AvgIpc) is 2.50. The SMILES string of the molecule is CCC1=[C]CC=C1C=C(C)C=C(C)C. The zero-order valence-corrected chi connectivity index (χ0v) is 9.65. The van der Waals surface area contributed by atoms with Crippen molar-refractivity contribution in [1.82, 2.24) is 0 Å². The highest BCUT2D eigenvalue weighted by molar-refractivity contribution is 5.45. The van der Waals surface area contributed by atoms with Gasteiger partial charge in [-0.25, -0.2) is 0 Å². The maximum absolute atomic E-state index is 3.37. The lowest BCUT2D eigenvalue weighted by Gasteiger charge is -2.01. The van der Waals surface area contributed by atoms with Gasteiger partial charge in [-0.2, -0.15) is 0 Å². The molecule has 0 saturated heterocycles. The summed E-state index contributed by atoms with van der Waals surface area (Å²) in [4.78, 5) is 0. The van der Waals surface area contributed by atoms with E-state index in [1.54, 1.807) is 0 Å². The summed E-state index contributed by atoms with van der Waals surface area (Å²) in [5.74, 6) is 0. The van der Waals surface area contributed by atoms with Crippen LogP contribution < -0.4 is 0 Å². The second kappa shape index (κ2) is 4.99. The van der Waals surface area contributed by atoms with E-state index in [2.05, 4.69) is 52.0 Å². The van der Waals surface area contributed by atoms with E-state index in [-0.39, 0.29) is 0 Å². The first-order chi connectivity index (χ1) is 6.63. The summed E-state index contributed by atoms with van der Waals surface area (Å²) in [6, 6.07) is 0. The molecular formula is C14H19. The van der Waals surface area contributed by atoms with Crippen LogP contribution in [0.5, 0.6) is 0 Å². The Balaban J connectivity index is 2.78. The van der Waals surface area contributed by atoms with E-state index >= 15 is 0 Å². The molecule has 0 N–H and O–H groups in total. The molecule has 0 aromatic rings. The Labute approximate surface area is 87.7 Å². The second-order valence-corrected chi connectivity index (χ2v) is 3.98. The largest absolute Gasteiger partial charge is 0.0762 e. The first kappa shape index (κ1) is 11.0. The van der Waals surface area contributed by atoms with Gasteiger partial charge in [0.2, 0.25) is 0 Å². The first-order valence-electron chi connectivity index (χ1n) is 5.27. The van der Waals surface area contributed by atoms with Crippen LogP contribution in [0.15, 0.2) is 40.5 Å². The van der Waals surface area contributed by atoms with Crippen molar-refractivity contribution in [1.29, 1.82) is 0 Å². The molecule has 75 valence electrons. The van der Waals surface area contributed by atoms with Crippen molar-refractivity contribution in [3.63, 3.8) is 0 Å². The quantitative estimate of drug-likeness (QED) is 0.575. The smallest absolute Gasteiger partial charge is 0.00824 e. The zero-order valence-electron chi connectivity index (χ0n) is 9.65. The molecule has 0 fully saturated rings. The van der Waals surface area contributed by atoms with Gasteiger partial charge >= 0.3 is 0 Å². The van der Waals surface area contributed by atoms with Crippen LogP contribution in [0.2, 0.25) is 0 Å². The minimum absolute atomic E-state index is 0.983. The standard InChI is InChI=1S/C14H19/c1-5-13-7-6-8-14(13)10-12(4)9-11(2)3/h8-10H,5-6H2,1-4H3. The fraction of sp³-hybridized carbons (Fsp3) is 0.429. The number of hydrogen-bond acceptors (Lipinski definition) is 0. The van der Waals surface area contributed by atoms with E-state index in [1.165, 1.54) is 22.3 Å². The van der Waals surface area contributed by atoms with Crippen molar-refractivity contribution in [2.45, 2.75) is 40.5 Å². The van der Waals surface area contributed by atoms with Gasteiger partial charge in [-0.15, -0.1) is 0 Å². The van der Waals surface area contributed by atoms with Gasteiger partial charge in [-0.05, 0) is 50.8 Å². The minimum Gasteiger partial charge on any atom is -0.0762 e. The van der Waals surface area contributed by atoms with Crippen molar-refractivity contribution >= 4 is 0 Å². The zero-order chi connectivity index (χ0) is 10.6. The summed E-state index contributed by atoms with van der Waals surface area (Å²) < 4.78 is 0. The molecule has 0 nitrogen and oxygen atoms in total. The second-order valence-electron chi connectivity index (χ2n) is 3.98. The highest BCUT2D eigenvalue weighted by atomic mass is 14.1. The fourth-order valence-corrected chi connectivity index (χ4v) is 1.73. The molecule has 0 aliphatic heterocycles. The van der Waals surface area contributed by atoms with E-state index in [9.17, 15) is 0 Å². The van der Waals surface area contributed by atoms with Crippen molar-refractivity contribution in [2.75, 3.05) is 0 Å². The van der Waals surface area contributed by atoms with Crippen LogP contribution in [-0.2, 0) is 0 Å². The van der Waals surface area contributed by atoms with Crippen molar-refractivity contribution < 1.29 is 0 Å². The molecule has 1 aliphatic carbocycles. The third-order valence-corrected chi connectivity index (χ3v) is 2.24. The van der Waals surface area contributed by atoms with Gasteiger partial charge in [0.25, 0.3) is 0 Å². The minimum atomic E-state index is 0.983. The van der Waals surface area contributed by atoms with Gasteiger partial charge in [0.1, 0.15) is 0 Å². The molecule has 0 atom stereocenters. The summed E-state index contributed by atoms with van der Waals surface area (Å²) in [6.07, 6.45) is 12.2. The molecule has 0 amide bonds. The highest BCUT2D eigenvalue weighted by Crippen LogP contribution is 2.23. The molecule has 0 bridgehead atoms. The molecule has 1 rings (SSSR count). The highest BCUT2D eigenvalue weighted by Gasteiger charge is 2.05. The van der Waals surface area contributed by atoms with E-state index in [0.717, 1.165) is 12.8 Å². The fourth-order valence-electron chi connectivity index (χ4n) is 1.73. The van der Waals surface area contributed by atoms with Crippen LogP contribution >= 0.6 is 0 Å². The summed E-state index contributed by atoms with van der Waals surface area (Å²) in [7, 11) is 0.